The fraction of sp³-hybridized carbons (Fsp3) is 0.591. The molecule has 2 atom stereocenters. The Bertz CT molecular complexity index is 987. The molecule has 2 N–H and O–H groups in total. The van der Waals surface area contributed by atoms with Crippen molar-refractivity contribution < 1.29 is 24.2 Å². The molecule has 0 bridgehead atoms. The summed E-state index contributed by atoms with van der Waals surface area (Å²) in [7, 11) is 1.76. The largest absolute Gasteiger partial charge is 0.489 e. The molecular weight excluding hydrogens is 414 g/mol. The minimum absolute atomic E-state index is 0.0194. The molecule has 10 heteroatoms. The molecule has 0 spiro atoms. The number of aliphatic carboxylic acids is 1. The van der Waals surface area contributed by atoms with Gasteiger partial charge in [0.2, 0.25) is 0 Å². The number of aryl methyl sites for hydroxylation is 2. The van der Waals surface area contributed by atoms with Crippen molar-refractivity contribution in [3.8, 4) is 17.1 Å². The van der Waals surface area contributed by atoms with E-state index in [1.165, 1.54) is 0 Å². The highest BCUT2D eigenvalue weighted by Gasteiger charge is 2.28. The smallest absolute Gasteiger partial charge is 0.407 e. The van der Waals surface area contributed by atoms with Crippen molar-refractivity contribution in [3.05, 3.63) is 23.5 Å². The Morgan fingerprint density at radius 3 is 2.62 bits per heavy atom. The van der Waals surface area contributed by atoms with Gasteiger partial charge in [0.05, 0.1) is 35.6 Å². The van der Waals surface area contributed by atoms with Crippen LogP contribution >= 0.6 is 0 Å². The zero-order chi connectivity index (χ0) is 22.7. The summed E-state index contributed by atoms with van der Waals surface area (Å²) in [6.45, 7) is 2.07. The number of hydrogen-bond donors (Lipinski definition) is 2. The fourth-order valence-corrected chi connectivity index (χ4v) is 4.07. The molecule has 0 aromatic carbocycles. The monoisotopic (exact) mass is 443 g/mol. The van der Waals surface area contributed by atoms with Crippen LogP contribution in [-0.2, 0) is 23.1 Å². The van der Waals surface area contributed by atoms with Crippen molar-refractivity contribution in [3.63, 3.8) is 0 Å². The third-order valence-electron chi connectivity index (χ3n) is 6.22. The first-order valence-corrected chi connectivity index (χ1v) is 11.1. The van der Waals surface area contributed by atoms with Gasteiger partial charge in [-0.2, -0.15) is 0 Å². The molecule has 1 amide bonds. The second kappa shape index (κ2) is 9.54. The molecular formula is C22H29N5O5. The molecule has 0 radical (unpaired) electrons. The Hall–Kier alpha value is -3.17. The molecule has 2 fully saturated rings. The lowest BCUT2D eigenvalue weighted by atomic mass is 9.87. The van der Waals surface area contributed by atoms with Gasteiger partial charge in [-0.15, -0.1) is 5.10 Å². The van der Waals surface area contributed by atoms with Crippen LogP contribution in [-0.4, -0.2) is 49.4 Å². The van der Waals surface area contributed by atoms with Gasteiger partial charge in [0, 0.05) is 7.05 Å². The van der Waals surface area contributed by atoms with Crippen molar-refractivity contribution in [1.82, 2.24) is 25.3 Å². The maximum absolute atomic E-state index is 12.0. The first kappa shape index (κ1) is 22.0. The maximum atomic E-state index is 12.0. The van der Waals surface area contributed by atoms with Crippen LogP contribution in [0.4, 0.5) is 4.79 Å². The van der Waals surface area contributed by atoms with E-state index in [2.05, 4.69) is 20.6 Å². The number of carbonyl (C=O) groups is 2. The fourth-order valence-electron chi connectivity index (χ4n) is 4.07. The van der Waals surface area contributed by atoms with Gasteiger partial charge < -0.3 is 19.9 Å². The summed E-state index contributed by atoms with van der Waals surface area (Å²) in [5.74, 6) is -0.479. The van der Waals surface area contributed by atoms with Crippen molar-refractivity contribution in [2.75, 3.05) is 0 Å². The summed E-state index contributed by atoms with van der Waals surface area (Å²) >= 11 is 0. The number of pyridine rings is 1. The number of carboxylic acids is 1. The van der Waals surface area contributed by atoms with Gasteiger partial charge in [0.15, 0.2) is 0 Å². The number of amides is 1. The molecule has 0 aliphatic heterocycles. The van der Waals surface area contributed by atoms with Gasteiger partial charge >= 0.3 is 12.1 Å². The average molecular weight is 444 g/mol. The van der Waals surface area contributed by atoms with Crippen LogP contribution in [0.15, 0.2) is 12.1 Å². The summed E-state index contributed by atoms with van der Waals surface area (Å²) in [4.78, 5) is 27.9. The molecule has 172 valence electrons. The second-order valence-electron chi connectivity index (χ2n) is 8.54. The maximum Gasteiger partial charge on any atom is 0.407 e. The quantitative estimate of drug-likeness (QED) is 0.668. The van der Waals surface area contributed by atoms with Crippen molar-refractivity contribution in [2.45, 2.75) is 70.6 Å². The second-order valence-corrected chi connectivity index (χ2v) is 8.54. The van der Waals surface area contributed by atoms with Crippen molar-refractivity contribution in [1.29, 1.82) is 0 Å². The van der Waals surface area contributed by atoms with Gasteiger partial charge in [-0.1, -0.05) is 5.21 Å². The average Bonchev–Trinajstić information content (AvgIpc) is 3.11. The molecule has 0 saturated heterocycles. The van der Waals surface area contributed by atoms with Crippen LogP contribution in [0.25, 0.3) is 11.4 Å². The van der Waals surface area contributed by atoms with Gasteiger partial charge in [-0.3, -0.25) is 4.79 Å². The van der Waals surface area contributed by atoms with E-state index in [0.717, 1.165) is 32.1 Å². The van der Waals surface area contributed by atoms with Crippen LogP contribution in [0.5, 0.6) is 5.75 Å². The highest BCUT2D eigenvalue weighted by atomic mass is 16.6. The zero-order valence-electron chi connectivity index (χ0n) is 18.4. The Kier molecular flexibility index (Phi) is 6.57. The van der Waals surface area contributed by atoms with E-state index >= 15 is 0 Å². The Morgan fingerprint density at radius 1 is 1.19 bits per heavy atom. The number of carboxylic acid groups (broad SMARTS) is 1. The van der Waals surface area contributed by atoms with Crippen molar-refractivity contribution >= 4 is 12.1 Å². The molecule has 4 rings (SSSR count). The van der Waals surface area contributed by atoms with Gasteiger partial charge in [-0.25, -0.2) is 14.5 Å². The number of alkyl carbamates (subject to hydrolysis) is 1. The van der Waals surface area contributed by atoms with E-state index in [9.17, 15) is 14.7 Å². The Labute approximate surface area is 186 Å². The third kappa shape index (κ3) is 5.00. The van der Waals surface area contributed by atoms with E-state index in [-0.39, 0.29) is 24.7 Å². The van der Waals surface area contributed by atoms with Gasteiger partial charge in [0.1, 0.15) is 17.5 Å². The van der Waals surface area contributed by atoms with E-state index in [1.54, 1.807) is 17.8 Å². The zero-order valence-corrected chi connectivity index (χ0v) is 18.4. The molecule has 0 unspecified atom stereocenters. The molecule has 2 aliphatic rings. The Morgan fingerprint density at radius 2 is 1.94 bits per heavy atom. The Balaban J connectivity index is 1.42. The highest BCUT2D eigenvalue weighted by molar-refractivity contribution is 5.70. The summed E-state index contributed by atoms with van der Waals surface area (Å²) in [5, 5.41) is 20.4. The van der Waals surface area contributed by atoms with E-state index < -0.39 is 12.1 Å². The number of carbonyl (C=O) groups excluding carboxylic acids is 1. The molecule has 2 saturated carbocycles. The van der Waals surface area contributed by atoms with Crippen LogP contribution in [0.1, 0.15) is 56.3 Å². The summed E-state index contributed by atoms with van der Waals surface area (Å²) in [5.41, 5.74) is 2.61. The lowest BCUT2D eigenvalue weighted by Gasteiger charge is -2.27. The van der Waals surface area contributed by atoms with E-state index in [0.29, 0.717) is 41.4 Å². The van der Waals surface area contributed by atoms with Crippen LogP contribution in [0.3, 0.4) is 0 Å². The highest BCUT2D eigenvalue weighted by Crippen LogP contribution is 2.30. The molecule has 2 aromatic heterocycles. The van der Waals surface area contributed by atoms with E-state index in [1.807, 2.05) is 13.0 Å². The number of aromatic nitrogens is 4. The van der Waals surface area contributed by atoms with Crippen molar-refractivity contribution in [2.24, 2.45) is 13.0 Å². The van der Waals surface area contributed by atoms with Crippen LogP contribution in [0.2, 0.25) is 0 Å². The molecule has 2 aromatic rings. The minimum atomic E-state index is -0.760. The van der Waals surface area contributed by atoms with Crippen LogP contribution in [0, 0.1) is 12.8 Å². The normalized spacial score (nSPS) is 20.9. The first-order chi connectivity index (χ1) is 15.4. The van der Waals surface area contributed by atoms with Crippen LogP contribution < -0.4 is 10.1 Å². The summed E-state index contributed by atoms with van der Waals surface area (Å²) in [6.07, 6.45) is 5.26. The van der Waals surface area contributed by atoms with E-state index in [4.69, 9.17) is 9.47 Å². The predicted octanol–water partition coefficient (Wildman–Crippen LogP) is 2.99. The number of ether oxygens (including phenoxy) is 2. The number of nitrogens with one attached hydrogen (secondary N) is 1. The number of nitrogens with zero attached hydrogens (tertiary/aromatic N) is 4. The molecule has 10 nitrogen and oxygen atoms in total. The van der Waals surface area contributed by atoms with Gasteiger partial charge in [-0.05, 0) is 64.0 Å². The summed E-state index contributed by atoms with van der Waals surface area (Å²) < 4.78 is 13.0. The molecule has 32 heavy (non-hydrogen) atoms. The molecule has 2 aliphatic carbocycles. The number of hydrogen-bond acceptors (Lipinski definition) is 7. The lowest BCUT2D eigenvalue weighted by Crippen LogP contribution is -2.32. The minimum Gasteiger partial charge on any atom is -0.489 e. The SMILES string of the molecule is Cc1nc(-c2nnn(C)c2CNC(=O)OC2CCC2)ccc1O[C@H]1CCC[C@H](C(=O)O)C1. The van der Waals surface area contributed by atoms with Gasteiger partial charge in [0.25, 0.3) is 0 Å². The third-order valence-corrected chi connectivity index (χ3v) is 6.22. The molecule has 2 heterocycles. The first-order valence-electron chi connectivity index (χ1n) is 11.1. The standard InChI is InChI=1S/C22H29N5O5/c1-13-19(31-16-8-3-5-14(11-16)21(28)29)10-9-17(24-13)20-18(27(2)26-25-20)12-23-22(30)32-15-6-4-7-15/h9-10,14-16H,3-8,11-12H2,1-2H3,(H,23,30)(H,28,29)/t14-,16-/m0/s1. The lowest BCUT2D eigenvalue weighted by molar-refractivity contribution is -0.143. The summed E-state index contributed by atoms with van der Waals surface area (Å²) in [6, 6.07) is 3.64. The number of rotatable bonds is 7. The predicted molar refractivity (Wildman–Crippen MR) is 114 cm³/mol. The topological polar surface area (TPSA) is 128 Å².